The van der Waals surface area contributed by atoms with Gasteiger partial charge in [-0.3, -0.25) is 14.6 Å². The normalized spacial score (nSPS) is 21.7. The van der Waals surface area contributed by atoms with Gasteiger partial charge in [-0.05, 0) is 25.8 Å². The smallest absolute Gasteiger partial charge is 0.330 e. The molecule has 1 aliphatic carbocycles. The number of hydrogen-bond acceptors (Lipinski definition) is 7. The van der Waals surface area contributed by atoms with Gasteiger partial charge in [0.15, 0.2) is 0 Å². The number of anilines is 3. The lowest BCUT2D eigenvalue weighted by Gasteiger charge is -2.39. The van der Waals surface area contributed by atoms with Crippen LogP contribution in [0.2, 0.25) is 0 Å². The molecule has 1 aliphatic heterocycles. The number of hydrogen-bond donors (Lipinski definition) is 2. The SMILES string of the molecule is C=CC(=O)NC1CCCCC1Nc1ncc2c(n1)N(C)C(=O)N(c1cc(OC)cc(OC)c1)C2C. The van der Waals surface area contributed by atoms with Crippen LogP contribution in [0, 0.1) is 0 Å². The fraction of sp³-hybridized carbons (Fsp3) is 0.440. The molecule has 4 rings (SSSR count). The topological polar surface area (TPSA) is 109 Å². The summed E-state index contributed by atoms with van der Waals surface area (Å²) in [6.45, 7) is 5.48. The van der Waals surface area contributed by atoms with Crippen LogP contribution < -0.4 is 29.9 Å². The van der Waals surface area contributed by atoms with Crippen LogP contribution in [0.25, 0.3) is 0 Å². The Morgan fingerprint density at radius 1 is 1.14 bits per heavy atom. The van der Waals surface area contributed by atoms with Gasteiger partial charge in [0, 0.05) is 49.1 Å². The Morgan fingerprint density at radius 2 is 1.80 bits per heavy atom. The predicted molar refractivity (Wildman–Crippen MR) is 134 cm³/mol. The second-order valence-corrected chi connectivity index (χ2v) is 8.79. The molecule has 35 heavy (non-hydrogen) atoms. The molecular formula is C25H32N6O4. The molecule has 2 heterocycles. The number of carbonyl (C=O) groups is 2. The number of urea groups is 1. The lowest BCUT2D eigenvalue weighted by atomic mass is 9.90. The van der Waals surface area contributed by atoms with E-state index in [1.54, 1.807) is 50.6 Å². The van der Waals surface area contributed by atoms with E-state index in [9.17, 15) is 9.59 Å². The van der Waals surface area contributed by atoms with E-state index in [1.165, 1.54) is 11.0 Å². The van der Waals surface area contributed by atoms with Crippen molar-refractivity contribution in [1.82, 2.24) is 15.3 Å². The minimum atomic E-state index is -0.311. The number of amides is 3. The van der Waals surface area contributed by atoms with Crippen molar-refractivity contribution in [2.24, 2.45) is 0 Å². The van der Waals surface area contributed by atoms with Gasteiger partial charge in [-0.2, -0.15) is 4.98 Å². The predicted octanol–water partition coefficient (Wildman–Crippen LogP) is 3.66. The third-order valence-corrected chi connectivity index (χ3v) is 6.65. The molecule has 0 bridgehead atoms. The molecule has 3 amide bonds. The number of carbonyl (C=O) groups excluding carboxylic acids is 2. The van der Waals surface area contributed by atoms with Crippen LogP contribution in [-0.4, -0.2) is 55.3 Å². The zero-order valence-corrected chi connectivity index (χ0v) is 20.6. The highest BCUT2D eigenvalue weighted by atomic mass is 16.5. The van der Waals surface area contributed by atoms with E-state index in [1.807, 2.05) is 6.92 Å². The molecule has 186 valence electrons. The van der Waals surface area contributed by atoms with Crippen molar-refractivity contribution < 1.29 is 19.1 Å². The van der Waals surface area contributed by atoms with Gasteiger partial charge in [0.25, 0.3) is 0 Å². The fourth-order valence-corrected chi connectivity index (χ4v) is 4.72. The summed E-state index contributed by atoms with van der Waals surface area (Å²) in [7, 11) is 4.84. The van der Waals surface area contributed by atoms with Crippen molar-refractivity contribution in [3.05, 3.63) is 42.6 Å². The van der Waals surface area contributed by atoms with E-state index in [0.29, 0.717) is 29.0 Å². The molecule has 0 spiro atoms. The summed E-state index contributed by atoms with van der Waals surface area (Å²) in [5.41, 5.74) is 1.47. The van der Waals surface area contributed by atoms with Crippen LogP contribution in [0.3, 0.4) is 0 Å². The highest BCUT2D eigenvalue weighted by molar-refractivity contribution is 6.06. The molecule has 10 heteroatoms. The number of ether oxygens (including phenoxy) is 2. The highest BCUT2D eigenvalue weighted by Gasteiger charge is 2.37. The Kier molecular flexibility index (Phi) is 7.09. The summed E-state index contributed by atoms with van der Waals surface area (Å²) in [4.78, 5) is 37.7. The molecule has 3 unspecified atom stereocenters. The number of benzene rings is 1. The lowest BCUT2D eigenvalue weighted by Crippen LogP contribution is -2.49. The molecule has 2 aliphatic rings. The number of methoxy groups -OCH3 is 2. The van der Waals surface area contributed by atoms with Gasteiger partial charge in [0.1, 0.15) is 17.3 Å². The Bertz CT molecular complexity index is 1100. The maximum absolute atomic E-state index is 13.4. The first-order valence-electron chi connectivity index (χ1n) is 11.7. The van der Waals surface area contributed by atoms with Crippen LogP contribution in [0.5, 0.6) is 11.5 Å². The van der Waals surface area contributed by atoms with E-state index >= 15 is 0 Å². The van der Waals surface area contributed by atoms with Crippen molar-refractivity contribution in [1.29, 1.82) is 0 Å². The molecule has 1 fully saturated rings. The molecule has 1 aromatic carbocycles. The van der Waals surface area contributed by atoms with E-state index in [0.717, 1.165) is 31.2 Å². The summed E-state index contributed by atoms with van der Waals surface area (Å²) in [5, 5.41) is 6.38. The van der Waals surface area contributed by atoms with Gasteiger partial charge in [0.2, 0.25) is 11.9 Å². The van der Waals surface area contributed by atoms with E-state index < -0.39 is 0 Å². The molecule has 3 atom stereocenters. The van der Waals surface area contributed by atoms with Crippen molar-refractivity contribution in [2.45, 2.75) is 50.7 Å². The number of nitrogens with zero attached hydrogens (tertiary/aromatic N) is 4. The first-order chi connectivity index (χ1) is 16.9. The van der Waals surface area contributed by atoms with Gasteiger partial charge in [0.05, 0.1) is 25.9 Å². The molecule has 1 saturated carbocycles. The fourth-order valence-electron chi connectivity index (χ4n) is 4.72. The number of aromatic nitrogens is 2. The van der Waals surface area contributed by atoms with E-state index in [-0.39, 0.29) is 30.1 Å². The zero-order chi connectivity index (χ0) is 25.1. The lowest BCUT2D eigenvalue weighted by molar-refractivity contribution is -0.117. The maximum Gasteiger partial charge on any atom is 0.330 e. The van der Waals surface area contributed by atoms with Gasteiger partial charge >= 0.3 is 6.03 Å². The van der Waals surface area contributed by atoms with Gasteiger partial charge in [-0.15, -0.1) is 0 Å². The Morgan fingerprint density at radius 3 is 2.43 bits per heavy atom. The van der Waals surface area contributed by atoms with Crippen LogP contribution in [-0.2, 0) is 4.79 Å². The zero-order valence-electron chi connectivity index (χ0n) is 20.6. The monoisotopic (exact) mass is 480 g/mol. The summed E-state index contributed by atoms with van der Waals surface area (Å²) in [6.07, 6.45) is 6.90. The highest BCUT2D eigenvalue weighted by Crippen LogP contribution is 2.40. The summed E-state index contributed by atoms with van der Waals surface area (Å²) < 4.78 is 10.8. The van der Waals surface area contributed by atoms with Gasteiger partial charge in [-0.1, -0.05) is 19.4 Å². The Labute approximate surface area is 205 Å². The van der Waals surface area contributed by atoms with Crippen molar-refractivity contribution >= 4 is 29.4 Å². The van der Waals surface area contributed by atoms with Crippen molar-refractivity contribution in [2.75, 3.05) is 36.4 Å². The molecule has 1 aromatic heterocycles. The van der Waals surface area contributed by atoms with Crippen LogP contribution in [0.15, 0.2) is 37.1 Å². The molecule has 10 nitrogen and oxygen atoms in total. The molecule has 2 N–H and O–H groups in total. The standard InChI is InChI=1S/C25H32N6O4/c1-6-22(32)27-20-9-7-8-10-21(20)28-24-26-14-19-15(2)31(25(33)30(3)23(19)29-24)16-11-17(34-4)13-18(12-16)35-5/h6,11-15,20-21H,1,7-10H2,2-5H3,(H,27,32)(H,26,28,29). The van der Waals surface area contributed by atoms with Crippen LogP contribution in [0.1, 0.15) is 44.2 Å². The summed E-state index contributed by atoms with van der Waals surface area (Å²) >= 11 is 0. The molecular weight excluding hydrogens is 448 g/mol. The summed E-state index contributed by atoms with van der Waals surface area (Å²) in [5.74, 6) is 1.97. The first kappa shape index (κ1) is 24.3. The van der Waals surface area contributed by atoms with Crippen LogP contribution in [0.4, 0.5) is 22.2 Å². The minimum Gasteiger partial charge on any atom is -0.497 e. The molecule has 2 aromatic rings. The number of rotatable bonds is 7. The first-order valence-corrected chi connectivity index (χ1v) is 11.7. The second kappa shape index (κ2) is 10.2. The van der Waals surface area contributed by atoms with E-state index in [4.69, 9.17) is 14.5 Å². The molecule has 0 saturated heterocycles. The number of fused-ring (bicyclic) bond motifs is 1. The van der Waals surface area contributed by atoms with Crippen molar-refractivity contribution in [3.63, 3.8) is 0 Å². The molecule has 0 radical (unpaired) electrons. The van der Waals surface area contributed by atoms with E-state index in [2.05, 4.69) is 22.2 Å². The van der Waals surface area contributed by atoms with Crippen molar-refractivity contribution in [3.8, 4) is 11.5 Å². The Hall–Kier alpha value is -3.82. The number of nitrogens with one attached hydrogen (secondary N) is 2. The third-order valence-electron chi connectivity index (χ3n) is 6.65. The average molecular weight is 481 g/mol. The Balaban J connectivity index is 1.61. The van der Waals surface area contributed by atoms with Crippen LogP contribution >= 0.6 is 0 Å². The second-order valence-electron chi connectivity index (χ2n) is 8.79. The largest absolute Gasteiger partial charge is 0.497 e. The summed E-state index contributed by atoms with van der Waals surface area (Å²) in [6, 6.07) is 4.78. The maximum atomic E-state index is 13.4. The third kappa shape index (κ3) is 4.87. The minimum absolute atomic E-state index is 0.00605. The quantitative estimate of drug-likeness (QED) is 0.582. The average Bonchev–Trinajstić information content (AvgIpc) is 2.88. The van der Waals surface area contributed by atoms with Gasteiger partial charge < -0.3 is 20.1 Å². The van der Waals surface area contributed by atoms with Gasteiger partial charge in [-0.25, -0.2) is 9.78 Å².